The number of carbonyl (C=O) groups is 1. The predicted molar refractivity (Wildman–Crippen MR) is 147 cm³/mol. The van der Waals surface area contributed by atoms with Crippen molar-refractivity contribution >= 4 is 33.2 Å². The van der Waals surface area contributed by atoms with Crippen LogP contribution in [0.2, 0.25) is 5.02 Å². The summed E-state index contributed by atoms with van der Waals surface area (Å²) in [6, 6.07) is 16.6. The van der Waals surface area contributed by atoms with E-state index in [9.17, 15) is 33.5 Å². The number of aliphatic hydroxyl groups is 1. The molecule has 0 aliphatic rings. The minimum atomic E-state index is -4.15. The van der Waals surface area contributed by atoms with Crippen molar-refractivity contribution in [3.63, 3.8) is 0 Å². The van der Waals surface area contributed by atoms with Crippen LogP contribution in [0.4, 0.5) is 5.69 Å². The Morgan fingerprint density at radius 3 is 2.26 bits per heavy atom. The van der Waals surface area contributed by atoms with E-state index in [2.05, 4.69) is 5.32 Å². The predicted octanol–water partition coefficient (Wildman–Crippen LogP) is 4.00. The molecule has 39 heavy (non-hydrogen) atoms. The molecule has 0 spiro atoms. The van der Waals surface area contributed by atoms with Crippen molar-refractivity contribution in [2.45, 2.75) is 37.3 Å². The zero-order valence-electron chi connectivity index (χ0n) is 21.4. The van der Waals surface area contributed by atoms with E-state index in [4.69, 9.17) is 11.6 Å². The quantitative estimate of drug-likeness (QED) is 0.218. The molecule has 0 unspecified atom stereocenters. The van der Waals surface area contributed by atoms with Gasteiger partial charge in [-0.2, -0.15) is 4.31 Å². The van der Waals surface area contributed by atoms with Crippen LogP contribution >= 0.6 is 11.6 Å². The molecule has 0 fully saturated rings. The van der Waals surface area contributed by atoms with Crippen LogP contribution in [-0.4, -0.2) is 59.0 Å². The normalized spacial score (nSPS) is 13.3. The van der Waals surface area contributed by atoms with Crippen LogP contribution < -0.4 is 5.32 Å². The third-order valence-corrected chi connectivity index (χ3v) is 8.01. The number of aliphatic hydroxyl groups excluding tert-OH is 1. The average Bonchev–Trinajstić information content (AvgIpc) is 2.88. The monoisotopic (exact) mass is 575 g/mol. The van der Waals surface area contributed by atoms with E-state index in [1.54, 1.807) is 12.1 Å². The van der Waals surface area contributed by atoms with Gasteiger partial charge in [-0.15, -0.1) is 0 Å². The molecule has 0 saturated heterocycles. The lowest BCUT2D eigenvalue weighted by atomic mass is 10.00. The highest BCUT2D eigenvalue weighted by Gasteiger charge is 2.32. The van der Waals surface area contributed by atoms with Crippen LogP contribution in [0, 0.1) is 16.0 Å². The molecule has 0 bridgehead atoms. The van der Waals surface area contributed by atoms with Gasteiger partial charge in [0.15, 0.2) is 0 Å². The summed E-state index contributed by atoms with van der Waals surface area (Å²) in [5.74, 6) is -1.12. The third-order valence-electron chi connectivity index (χ3n) is 5.93. The Balaban J connectivity index is 1.91. The number of aromatic hydroxyl groups is 1. The SMILES string of the molecule is CC(C)CN(C[C@@H](O)[C@H](Cc1ccccc1)NC(=O)c1ccc(Cl)cc1O)S(=O)(=O)c1ccc([N+](=O)[O-])cc1. The summed E-state index contributed by atoms with van der Waals surface area (Å²) in [5.41, 5.74) is 0.485. The highest BCUT2D eigenvalue weighted by Crippen LogP contribution is 2.24. The number of hydrogen-bond donors (Lipinski definition) is 3. The van der Waals surface area contributed by atoms with Gasteiger partial charge in [-0.25, -0.2) is 8.42 Å². The largest absolute Gasteiger partial charge is 0.507 e. The van der Waals surface area contributed by atoms with Crippen molar-refractivity contribution in [1.29, 1.82) is 0 Å². The number of nitrogens with zero attached hydrogens (tertiary/aromatic N) is 2. The Morgan fingerprint density at radius 1 is 1.05 bits per heavy atom. The molecule has 3 aromatic carbocycles. The zero-order valence-corrected chi connectivity index (χ0v) is 23.0. The third kappa shape index (κ3) is 7.99. The van der Waals surface area contributed by atoms with Gasteiger partial charge >= 0.3 is 0 Å². The maximum Gasteiger partial charge on any atom is 0.269 e. The molecule has 0 saturated carbocycles. The Hall–Kier alpha value is -3.51. The molecule has 1 amide bonds. The molecule has 208 valence electrons. The molecule has 3 aromatic rings. The number of nitrogens with one attached hydrogen (secondary N) is 1. The molecule has 12 heteroatoms. The van der Waals surface area contributed by atoms with E-state index in [1.807, 2.05) is 32.0 Å². The van der Waals surface area contributed by atoms with Gasteiger partial charge in [0, 0.05) is 30.2 Å². The highest BCUT2D eigenvalue weighted by molar-refractivity contribution is 7.89. The van der Waals surface area contributed by atoms with E-state index < -0.39 is 33.0 Å². The van der Waals surface area contributed by atoms with E-state index >= 15 is 0 Å². The van der Waals surface area contributed by atoms with Crippen molar-refractivity contribution < 1.29 is 28.3 Å². The first-order valence-corrected chi connectivity index (χ1v) is 14.0. The van der Waals surface area contributed by atoms with Crippen LogP contribution in [0.3, 0.4) is 0 Å². The van der Waals surface area contributed by atoms with E-state index in [1.165, 1.54) is 18.2 Å². The molecule has 0 heterocycles. The number of nitro groups is 1. The lowest BCUT2D eigenvalue weighted by Crippen LogP contribution is -2.51. The van der Waals surface area contributed by atoms with Crippen molar-refractivity contribution in [3.05, 3.63) is 99.1 Å². The summed E-state index contributed by atoms with van der Waals surface area (Å²) in [6.07, 6.45) is -1.18. The fourth-order valence-electron chi connectivity index (χ4n) is 4.00. The summed E-state index contributed by atoms with van der Waals surface area (Å²) in [4.78, 5) is 23.3. The summed E-state index contributed by atoms with van der Waals surface area (Å²) in [6.45, 7) is 3.33. The minimum absolute atomic E-state index is 0.0535. The number of carbonyl (C=O) groups excluding carboxylic acids is 1. The number of phenolic OH excluding ortho intramolecular Hbond substituents is 1. The van der Waals surface area contributed by atoms with Gasteiger partial charge in [0.1, 0.15) is 5.75 Å². The molecule has 0 aromatic heterocycles. The second-order valence-electron chi connectivity index (χ2n) is 9.47. The fraction of sp³-hybridized carbons (Fsp3) is 0.296. The van der Waals surface area contributed by atoms with Crippen LogP contribution in [0.5, 0.6) is 5.75 Å². The topological polar surface area (TPSA) is 150 Å². The standard InChI is InChI=1S/C27H30ClN3O7S/c1-18(2)16-30(39(37,38)22-11-9-21(10-12-22)31(35)36)17-26(33)24(14-19-6-4-3-5-7-19)29-27(34)23-13-8-20(28)15-25(23)32/h3-13,15,18,24,26,32-33H,14,16-17H2,1-2H3,(H,29,34)/t24-,26+/m0/s1. The lowest BCUT2D eigenvalue weighted by Gasteiger charge is -2.30. The molecular weight excluding hydrogens is 546 g/mol. The molecule has 0 radical (unpaired) electrons. The summed E-state index contributed by atoms with van der Waals surface area (Å²) in [5, 5.41) is 35.5. The van der Waals surface area contributed by atoms with Gasteiger partial charge in [-0.05, 0) is 48.2 Å². The number of hydrogen-bond acceptors (Lipinski definition) is 7. The highest BCUT2D eigenvalue weighted by atomic mass is 35.5. The van der Waals surface area contributed by atoms with Gasteiger partial charge in [0.2, 0.25) is 10.0 Å². The maximum atomic E-state index is 13.5. The minimum Gasteiger partial charge on any atom is -0.507 e. The average molecular weight is 576 g/mol. The first kappa shape index (κ1) is 30.0. The van der Waals surface area contributed by atoms with Gasteiger partial charge in [-0.1, -0.05) is 55.8 Å². The number of nitro benzene ring substituents is 1. The molecular formula is C27H30ClN3O7S. The number of sulfonamides is 1. The Labute approximate surface area is 232 Å². The van der Waals surface area contributed by atoms with Gasteiger partial charge in [0.25, 0.3) is 11.6 Å². The van der Waals surface area contributed by atoms with Crippen molar-refractivity contribution in [1.82, 2.24) is 9.62 Å². The van der Waals surface area contributed by atoms with E-state index in [0.717, 1.165) is 34.1 Å². The van der Waals surface area contributed by atoms with Gasteiger partial charge in [-0.3, -0.25) is 14.9 Å². The van der Waals surface area contributed by atoms with Crippen molar-refractivity contribution in [2.24, 2.45) is 5.92 Å². The number of halogens is 1. The number of rotatable bonds is 12. The molecule has 0 aliphatic heterocycles. The lowest BCUT2D eigenvalue weighted by molar-refractivity contribution is -0.384. The molecule has 10 nitrogen and oxygen atoms in total. The maximum absolute atomic E-state index is 13.5. The smallest absolute Gasteiger partial charge is 0.269 e. The second kappa shape index (κ2) is 13.0. The number of phenols is 1. The number of benzene rings is 3. The van der Waals surface area contributed by atoms with Crippen LogP contribution in [-0.2, 0) is 16.4 Å². The van der Waals surface area contributed by atoms with E-state index in [-0.39, 0.29) is 52.3 Å². The summed E-state index contributed by atoms with van der Waals surface area (Å²) in [7, 11) is -4.15. The molecule has 3 rings (SSSR count). The number of amides is 1. The van der Waals surface area contributed by atoms with Gasteiger partial charge < -0.3 is 15.5 Å². The zero-order chi connectivity index (χ0) is 28.7. The Kier molecular flexibility index (Phi) is 10.0. The first-order chi connectivity index (χ1) is 18.4. The summed E-state index contributed by atoms with van der Waals surface area (Å²) < 4.78 is 28.1. The van der Waals surface area contributed by atoms with Crippen LogP contribution in [0.1, 0.15) is 29.8 Å². The Morgan fingerprint density at radius 2 is 1.69 bits per heavy atom. The second-order valence-corrected chi connectivity index (χ2v) is 11.8. The number of non-ortho nitro benzene ring substituents is 1. The van der Waals surface area contributed by atoms with Crippen molar-refractivity contribution in [3.8, 4) is 5.75 Å². The van der Waals surface area contributed by atoms with Gasteiger partial charge in [0.05, 0.1) is 27.5 Å². The first-order valence-electron chi connectivity index (χ1n) is 12.1. The summed E-state index contributed by atoms with van der Waals surface area (Å²) >= 11 is 5.87. The molecule has 0 aliphatic carbocycles. The van der Waals surface area contributed by atoms with E-state index in [0.29, 0.717) is 0 Å². The fourth-order valence-corrected chi connectivity index (χ4v) is 5.78. The van der Waals surface area contributed by atoms with Crippen LogP contribution in [0.15, 0.2) is 77.7 Å². The molecule has 3 N–H and O–H groups in total. The molecule has 2 atom stereocenters. The Bertz CT molecular complexity index is 1400. The van der Waals surface area contributed by atoms with Crippen LogP contribution in [0.25, 0.3) is 0 Å². The van der Waals surface area contributed by atoms with Crippen molar-refractivity contribution in [2.75, 3.05) is 13.1 Å².